The molecule has 0 radical (unpaired) electrons. The summed E-state index contributed by atoms with van der Waals surface area (Å²) in [4.78, 5) is 20.9. The highest BCUT2D eigenvalue weighted by Crippen LogP contribution is 2.09. The van der Waals surface area contributed by atoms with E-state index in [2.05, 4.69) is 19.1 Å². The van der Waals surface area contributed by atoms with Crippen LogP contribution >= 0.6 is 0 Å². The number of hydrogen-bond acceptors (Lipinski definition) is 3. The lowest BCUT2D eigenvalue weighted by Gasteiger charge is -1.96. The standard InChI is InChI=1S/C20H33NO3/c1-2-3-4-14-17-20(21(23)24)18-15-12-10-8-6-5-7-9-11-13-16-19-22/h6,8,12,15,17,19H,2-5,7,9-11,13-14,16,18H2,1H3/b8-6+,15-12+,20-17-. The van der Waals surface area contributed by atoms with Crippen molar-refractivity contribution in [2.45, 2.75) is 84.0 Å². The van der Waals surface area contributed by atoms with Gasteiger partial charge in [-0.25, -0.2) is 0 Å². The summed E-state index contributed by atoms with van der Waals surface area (Å²) in [5.41, 5.74) is 0.307. The molecule has 0 unspecified atom stereocenters. The van der Waals surface area contributed by atoms with Crippen molar-refractivity contribution in [2.24, 2.45) is 0 Å². The van der Waals surface area contributed by atoms with Crippen LogP contribution in [0.1, 0.15) is 84.0 Å². The molecule has 0 spiro atoms. The van der Waals surface area contributed by atoms with Gasteiger partial charge in [-0.15, -0.1) is 0 Å². The predicted molar refractivity (Wildman–Crippen MR) is 100 cm³/mol. The summed E-state index contributed by atoms with van der Waals surface area (Å²) in [6.07, 6.45) is 22.4. The van der Waals surface area contributed by atoms with E-state index in [1.54, 1.807) is 6.08 Å². The zero-order chi connectivity index (χ0) is 17.9. The fourth-order valence-corrected chi connectivity index (χ4v) is 2.33. The molecule has 0 aliphatic carbocycles. The monoisotopic (exact) mass is 335 g/mol. The molecule has 4 nitrogen and oxygen atoms in total. The van der Waals surface area contributed by atoms with Gasteiger partial charge in [0.2, 0.25) is 5.70 Å². The lowest BCUT2D eigenvalue weighted by atomic mass is 10.1. The Hall–Kier alpha value is -1.71. The van der Waals surface area contributed by atoms with E-state index >= 15 is 0 Å². The minimum atomic E-state index is -0.267. The Morgan fingerprint density at radius 2 is 1.54 bits per heavy atom. The molecular weight excluding hydrogens is 302 g/mol. The molecule has 0 aromatic carbocycles. The van der Waals surface area contributed by atoms with Crippen molar-refractivity contribution in [3.05, 3.63) is 46.2 Å². The topological polar surface area (TPSA) is 60.2 Å². The van der Waals surface area contributed by atoms with Gasteiger partial charge >= 0.3 is 0 Å². The first-order chi connectivity index (χ1) is 11.7. The molecule has 0 bridgehead atoms. The fraction of sp³-hybridized carbons (Fsp3) is 0.650. The largest absolute Gasteiger partial charge is 0.303 e. The van der Waals surface area contributed by atoms with Crippen LogP contribution in [0, 0.1) is 10.1 Å². The quantitative estimate of drug-likeness (QED) is 0.112. The van der Waals surface area contributed by atoms with Gasteiger partial charge in [0.15, 0.2) is 0 Å². The van der Waals surface area contributed by atoms with Crippen LogP contribution < -0.4 is 0 Å². The van der Waals surface area contributed by atoms with Crippen LogP contribution in [0.4, 0.5) is 0 Å². The minimum Gasteiger partial charge on any atom is -0.303 e. The van der Waals surface area contributed by atoms with Crippen LogP contribution in [0.3, 0.4) is 0 Å². The average Bonchev–Trinajstić information content (AvgIpc) is 2.57. The number of carbonyl (C=O) groups is 1. The van der Waals surface area contributed by atoms with Gasteiger partial charge in [-0.05, 0) is 44.6 Å². The lowest BCUT2D eigenvalue weighted by Crippen LogP contribution is -1.97. The Morgan fingerprint density at radius 3 is 2.21 bits per heavy atom. The second-order valence-electron chi connectivity index (χ2n) is 5.99. The maximum atomic E-state index is 11.0. The molecule has 0 aliphatic rings. The zero-order valence-corrected chi connectivity index (χ0v) is 15.1. The van der Waals surface area contributed by atoms with Gasteiger partial charge < -0.3 is 4.79 Å². The Morgan fingerprint density at radius 1 is 0.875 bits per heavy atom. The molecule has 136 valence electrons. The van der Waals surface area contributed by atoms with E-state index in [0.29, 0.717) is 18.5 Å². The Kier molecular flexibility index (Phi) is 16.4. The van der Waals surface area contributed by atoms with Gasteiger partial charge in [-0.1, -0.05) is 56.9 Å². The molecule has 0 amide bonds. The minimum absolute atomic E-state index is 0.267. The van der Waals surface area contributed by atoms with Crippen LogP contribution in [-0.4, -0.2) is 11.2 Å². The number of aldehydes is 1. The molecule has 0 rings (SSSR count). The van der Waals surface area contributed by atoms with Gasteiger partial charge in [-0.3, -0.25) is 10.1 Å². The van der Waals surface area contributed by atoms with Crippen molar-refractivity contribution >= 4 is 6.29 Å². The summed E-state index contributed by atoms with van der Waals surface area (Å²) in [6, 6.07) is 0. The molecular formula is C20H33NO3. The van der Waals surface area contributed by atoms with Crippen molar-refractivity contribution in [3.8, 4) is 0 Å². The molecule has 0 aromatic rings. The molecule has 0 aromatic heterocycles. The zero-order valence-electron chi connectivity index (χ0n) is 15.1. The summed E-state index contributed by atoms with van der Waals surface area (Å²) >= 11 is 0. The highest BCUT2D eigenvalue weighted by atomic mass is 16.6. The number of hydrogen-bond donors (Lipinski definition) is 0. The Labute approximate surface area is 146 Å². The summed E-state index contributed by atoms with van der Waals surface area (Å²) < 4.78 is 0. The SMILES string of the molecule is CCCCC/C=C(/C/C=C/C/C=C/CCCCCCC=O)[N+](=O)[O-]. The molecule has 0 heterocycles. The molecule has 4 heteroatoms. The molecule has 0 aliphatic heterocycles. The van der Waals surface area contributed by atoms with Crippen LogP contribution in [0.2, 0.25) is 0 Å². The van der Waals surface area contributed by atoms with E-state index < -0.39 is 0 Å². The summed E-state index contributed by atoms with van der Waals surface area (Å²) in [7, 11) is 0. The average molecular weight is 335 g/mol. The fourth-order valence-electron chi connectivity index (χ4n) is 2.33. The highest BCUT2D eigenvalue weighted by Gasteiger charge is 2.06. The Bertz CT molecular complexity index is 411. The molecule has 0 atom stereocenters. The van der Waals surface area contributed by atoms with Crippen LogP contribution in [-0.2, 0) is 4.79 Å². The molecule has 0 fully saturated rings. The van der Waals surface area contributed by atoms with Crippen LogP contribution in [0.5, 0.6) is 0 Å². The number of allylic oxidation sites excluding steroid dienone is 5. The van der Waals surface area contributed by atoms with Crippen molar-refractivity contribution in [2.75, 3.05) is 0 Å². The van der Waals surface area contributed by atoms with Gasteiger partial charge in [0.25, 0.3) is 0 Å². The van der Waals surface area contributed by atoms with E-state index in [4.69, 9.17) is 0 Å². The first-order valence-electron chi connectivity index (χ1n) is 9.29. The summed E-state index contributed by atoms with van der Waals surface area (Å²) in [6.45, 7) is 2.13. The molecule has 0 saturated heterocycles. The second-order valence-corrected chi connectivity index (χ2v) is 5.99. The maximum Gasteiger partial charge on any atom is 0.246 e. The molecule has 24 heavy (non-hydrogen) atoms. The van der Waals surface area contributed by atoms with Crippen molar-refractivity contribution in [3.63, 3.8) is 0 Å². The van der Waals surface area contributed by atoms with Crippen molar-refractivity contribution in [1.29, 1.82) is 0 Å². The maximum absolute atomic E-state index is 11.0. The predicted octanol–water partition coefficient (Wildman–Crippen LogP) is 6.16. The smallest absolute Gasteiger partial charge is 0.246 e. The van der Waals surface area contributed by atoms with Gasteiger partial charge in [0, 0.05) is 6.42 Å². The number of nitrogens with zero attached hydrogens (tertiary/aromatic N) is 1. The molecule has 0 N–H and O–H groups in total. The van der Waals surface area contributed by atoms with Gasteiger partial charge in [-0.2, -0.15) is 0 Å². The second kappa shape index (κ2) is 17.6. The summed E-state index contributed by atoms with van der Waals surface area (Å²) in [5, 5.41) is 11.0. The van der Waals surface area contributed by atoms with Gasteiger partial charge in [0.1, 0.15) is 6.29 Å². The number of rotatable bonds is 16. The van der Waals surface area contributed by atoms with Crippen LogP contribution in [0.15, 0.2) is 36.1 Å². The van der Waals surface area contributed by atoms with E-state index in [0.717, 1.165) is 64.1 Å². The third-order valence-corrected chi connectivity index (χ3v) is 3.80. The van der Waals surface area contributed by atoms with E-state index in [1.807, 2.05) is 12.2 Å². The number of carbonyl (C=O) groups excluding carboxylic acids is 1. The third-order valence-electron chi connectivity index (χ3n) is 3.80. The van der Waals surface area contributed by atoms with E-state index in [-0.39, 0.29) is 4.92 Å². The first kappa shape index (κ1) is 22.3. The van der Waals surface area contributed by atoms with Crippen molar-refractivity contribution < 1.29 is 9.72 Å². The van der Waals surface area contributed by atoms with Crippen LogP contribution in [0.25, 0.3) is 0 Å². The Balaban J connectivity index is 3.78. The van der Waals surface area contributed by atoms with E-state index in [9.17, 15) is 14.9 Å². The van der Waals surface area contributed by atoms with Gasteiger partial charge in [0.05, 0.1) is 11.3 Å². The lowest BCUT2D eigenvalue weighted by molar-refractivity contribution is -0.427. The number of nitro groups is 1. The normalized spacial score (nSPS) is 12.3. The number of unbranched alkanes of at least 4 members (excludes halogenated alkanes) is 8. The van der Waals surface area contributed by atoms with E-state index in [1.165, 1.54) is 6.42 Å². The third kappa shape index (κ3) is 15.2. The highest BCUT2D eigenvalue weighted by molar-refractivity contribution is 5.48. The summed E-state index contributed by atoms with van der Waals surface area (Å²) in [5.74, 6) is 0. The van der Waals surface area contributed by atoms with Crippen molar-refractivity contribution in [1.82, 2.24) is 0 Å². The molecule has 0 saturated carbocycles. The first-order valence-corrected chi connectivity index (χ1v) is 9.29.